The van der Waals surface area contributed by atoms with Crippen molar-refractivity contribution in [2.24, 2.45) is 0 Å². The standard InChI is InChI=1S/C33H39F4N5O3/c1-32(41-15-17-44-18-16-41)12-10-24(11-13-32)40-27-6-3-7-29-26(27)20-25(42(29)21-33(35,36)37)5-4-14-39-28-9-8-23(31(43)38-2)19-30(28)45-22-34/h3,6-9,19-20,24,39-40H,10-18,21-22H2,1-2H3,(H,38,43). The first-order valence-corrected chi connectivity index (χ1v) is 15.2. The zero-order valence-corrected chi connectivity index (χ0v) is 25.5. The van der Waals surface area contributed by atoms with Crippen molar-refractivity contribution in [3.63, 3.8) is 0 Å². The van der Waals surface area contributed by atoms with Crippen molar-refractivity contribution in [3.8, 4) is 17.6 Å². The number of carbonyl (C=O) groups is 1. The molecule has 2 aromatic carbocycles. The number of alkyl halides is 4. The highest BCUT2D eigenvalue weighted by Gasteiger charge is 2.37. The number of halogens is 4. The van der Waals surface area contributed by atoms with Gasteiger partial charge in [0.15, 0.2) is 0 Å². The summed E-state index contributed by atoms with van der Waals surface area (Å²) in [5, 5.41) is 9.79. The molecule has 3 N–H and O–H groups in total. The van der Waals surface area contributed by atoms with E-state index in [1.54, 1.807) is 30.3 Å². The number of nitrogens with zero attached hydrogens (tertiary/aromatic N) is 2. The Balaban J connectivity index is 1.33. The third-order valence-corrected chi connectivity index (χ3v) is 8.74. The summed E-state index contributed by atoms with van der Waals surface area (Å²) in [7, 11) is 1.48. The van der Waals surface area contributed by atoms with Crippen LogP contribution in [0.25, 0.3) is 10.9 Å². The molecular weight excluding hydrogens is 590 g/mol. The lowest BCUT2D eigenvalue weighted by Crippen LogP contribution is -2.54. The minimum absolute atomic E-state index is 0.0462. The van der Waals surface area contributed by atoms with Crippen molar-refractivity contribution in [2.45, 2.75) is 56.9 Å². The van der Waals surface area contributed by atoms with Crippen LogP contribution in [0.5, 0.6) is 5.75 Å². The molecule has 1 saturated heterocycles. The number of rotatable bonds is 9. The Hall–Kier alpha value is -3.95. The van der Waals surface area contributed by atoms with Gasteiger partial charge in [-0.3, -0.25) is 9.69 Å². The Morgan fingerprint density at radius 1 is 1.11 bits per heavy atom. The number of nitrogens with one attached hydrogen (secondary N) is 3. The van der Waals surface area contributed by atoms with Crippen LogP contribution in [0.3, 0.4) is 0 Å². The van der Waals surface area contributed by atoms with E-state index < -0.39 is 19.6 Å². The van der Waals surface area contributed by atoms with Crippen LogP contribution in [0.1, 0.15) is 48.7 Å². The smallest absolute Gasteiger partial charge is 0.406 e. The summed E-state index contributed by atoms with van der Waals surface area (Å²) in [6, 6.07) is 11.8. The van der Waals surface area contributed by atoms with E-state index in [0.29, 0.717) is 16.6 Å². The SMILES string of the molecule is CNC(=O)c1ccc(NCC#Cc2cc3c(NC4CCC(C)(N5CCOCC5)CC4)cccc3n2CC(F)(F)F)c(OCF)c1. The van der Waals surface area contributed by atoms with Gasteiger partial charge in [-0.1, -0.05) is 12.0 Å². The molecule has 1 aliphatic heterocycles. The van der Waals surface area contributed by atoms with Crippen LogP contribution in [-0.4, -0.2) is 79.9 Å². The lowest BCUT2D eigenvalue weighted by molar-refractivity contribution is -0.140. The Morgan fingerprint density at radius 3 is 2.56 bits per heavy atom. The Bertz CT molecular complexity index is 1550. The lowest BCUT2D eigenvalue weighted by Gasteiger charge is -2.47. The van der Waals surface area contributed by atoms with Crippen molar-refractivity contribution >= 4 is 28.2 Å². The predicted octanol–water partition coefficient (Wildman–Crippen LogP) is 5.78. The van der Waals surface area contributed by atoms with Crippen LogP contribution in [0.4, 0.5) is 28.9 Å². The molecule has 45 heavy (non-hydrogen) atoms. The summed E-state index contributed by atoms with van der Waals surface area (Å²) in [6.45, 7) is 3.50. The summed E-state index contributed by atoms with van der Waals surface area (Å²) in [6.07, 6.45) is -0.450. The van der Waals surface area contributed by atoms with Gasteiger partial charge in [0, 0.05) is 48.4 Å². The largest absolute Gasteiger partial charge is 0.461 e. The van der Waals surface area contributed by atoms with Crippen molar-refractivity contribution in [2.75, 3.05) is 57.4 Å². The minimum atomic E-state index is -4.44. The van der Waals surface area contributed by atoms with Crippen molar-refractivity contribution in [3.05, 3.63) is 53.7 Å². The van der Waals surface area contributed by atoms with Gasteiger partial charge in [-0.05, 0) is 74.9 Å². The second-order valence-corrected chi connectivity index (χ2v) is 11.7. The molecule has 2 heterocycles. The lowest BCUT2D eigenvalue weighted by atomic mass is 9.79. The van der Waals surface area contributed by atoms with E-state index in [-0.39, 0.29) is 41.0 Å². The van der Waals surface area contributed by atoms with E-state index in [9.17, 15) is 22.4 Å². The van der Waals surface area contributed by atoms with Crippen LogP contribution in [0, 0.1) is 11.8 Å². The minimum Gasteiger partial charge on any atom is -0.461 e. The van der Waals surface area contributed by atoms with Crippen LogP contribution >= 0.6 is 0 Å². The number of benzene rings is 2. The summed E-state index contributed by atoms with van der Waals surface area (Å²) in [5.74, 6) is 5.54. The van der Waals surface area contributed by atoms with Crippen LogP contribution < -0.4 is 20.7 Å². The fourth-order valence-electron chi connectivity index (χ4n) is 6.29. The van der Waals surface area contributed by atoms with Gasteiger partial charge in [-0.15, -0.1) is 0 Å². The van der Waals surface area contributed by atoms with E-state index in [0.717, 1.165) is 57.7 Å². The summed E-state index contributed by atoms with van der Waals surface area (Å²) in [4.78, 5) is 14.5. The maximum absolute atomic E-state index is 13.7. The van der Waals surface area contributed by atoms with E-state index in [1.807, 2.05) is 6.07 Å². The molecule has 0 radical (unpaired) electrons. The van der Waals surface area contributed by atoms with Gasteiger partial charge in [-0.25, -0.2) is 4.39 Å². The molecule has 3 aromatic rings. The highest BCUT2D eigenvalue weighted by atomic mass is 19.4. The molecule has 12 heteroatoms. The molecule has 8 nitrogen and oxygen atoms in total. The highest BCUT2D eigenvalue weighted by Crippen LogP contribution is 2.37. The number of ether oxygens (including phenoxy) is 2. The first kappa shape index (κ1) is 32.4. The number of aromatic nitrogens is 1. The maximum atomic E-state index is 13.7. The molecule has 1 aromatic heterocycles. The molecule has 242 valence electrons. The van der Waals surface area contributed by atoms with Gasteiger partial charge in [0.2, 0.25) is 6.86 Å². The maximum Gasteiger partial charge on any atom is 0.406 e. The molecule has 0 unspecified atom stereocenters. The van der Waals surface area contributed by atoms with Crippen LogP contribution in [0.2, 0.25) is 0 Å². The number of hydrogen-bond acceptors (Lipinski definition) is 6. The molecule has 1 aliphatic carbocycles. The number of morpholine rings is 1. The number of hydrogen-bond donors (Lipinski definition) is 3. The number of anilines is 2. The average molecular weight is 630 g/mol. The van der Waals surface area contributed by atoms with Crippen LogP contribution in [-0.2, 0) is 11.3 Å². The molecule has 2 fully saturated rings. The molecule has 0 spiro atoms. The predicted molar refractivity (Wildman–Crippen MR) is 166 cm³/mol. The average Bonchev–Trinajstić information content (AvgIpc) is 3.37. The van der Waals surface area contributed by atoms with Crippen molar-refractivity contribution in [1.29, 1.82) is 0 Å². The molecule has 2 aliphatic rings. The molecular formula is C33H39F4N5O3. The fourth-order valence-corrected chi connectivity index (χ4v) is 6.29. The molecule has 5 rings (SSSR count). The quantitative estimate of drug-likeness (QED) is 0.206. The van der Waals surface area contributed by atoms with E-state index >= 15 is 0 Å². The monoisotopic (exact) mass is 629 g/mol. The first-order chi connectivity index (χ1) is 21.6. The molecule has 1 saturated carbocycles. The number of carbonyl (C=O) groups excluding carboxylic acids is 1. The zero-order valence-electron chi connectivity index (χ0n) is 25.5. The summed E-state index contributed by atoms with van der Waals surface area (Å²) < 4.78 is 65.8. The van der Waals surface area contributed by atoms with E-state index in [4.69, 9.17) is 9.47 Å². The number of fused-ring (bicyclic) bond motifs is 1. The third kappa shape index (κ3) is 7.83. The van der Waals surface area contributed by atoms with Crippen molar-refractivity contribution in [1.82, 2.24) is 14.8 Å². The highest BCUT2D eigenvalue weighted by molar-refractivity contribution is 5.95. The van der Waals surface area contributed by atoms with Gasteiger partial charge in [-0.2, -0.15) is 13.2 Å². The molecule has 1 amide bonds. The second-order valence-electron chi connectivity index (χ2n) is 11.7. The van der Waals surface area contributed by atoms with E-state index in [1.165, 1.54) is 17.7 Å². The summed E-state index contributed by atoms with van der Waals surface area (Å²) in [5.41, 5.74) is 2.29. The van der Waals surface area contributed by atoms with E-state index in [2.05, 4.69) is 39.6 Å². The first-order valence-electron chi connectivity index (χ1n) is 15.2. The molecule has 0 bridgehead atoms. The Morgan fingerprint density at radius 2 is 1.87 bits per heavy atom. The normalized spacial score (nSPS) is 20.7. The Kier molecular flexibility index (Phi) is 10.1. The summed E-state index contributed by atoms with van der Waals surface area (Å²) >= 11 is 0. The Labute approximate surface area is 260 Å². The van der Waals surface area contributed by atoms with Gasteiger partial charge in [0.05, 0.1) is 36.7 Å². The zero-order chi connectivity index (χ0) is 32.0. The third-order valence-electron chi connectivity index (χ3n) is 8.74. The van der Waals surface area contributed by atoms with Crippen molar-refractivity contribution < 1.29 is 31.8 Å². The topological polar surface area (TPSA) is 79.8 Å². The van der Waals surface area contributed by atoms with Gasteiger partial charge < -0.3 is 30.0 Å². The molecule has 0 atom stereocenters. The van der Waals surface area contributed by atoms with Gasteiger partial charge in [0.1, 0.15) is 12.3 Å². The number of amides is 1. The van der Waals surface area contributed by atoms with Gasteiger partial charge >= 0.3 is 6.18 Å². The van der Waals surface area contributed by atoms with Gasteiger partial charge in [0.25, 0.3) is 5.91 Å². The second kappa shape index (κ2) is 14.0. The van der Waals surface area contributed by atoms with Crippen LogP contribution in [0.15, 0.2) is 42.5 Å². The fraction of sp³-hybridized carbons (Fsp3) is 0.485.